The van der Waals surface area contributed by atoms with Gasteiger partial charge in [0.25, 0.3) is 11.8 Å². The highest BCUT2D eigenvalue weighted by Crippen LogP contribution is 2.33. The second-order valence-corrected chi connectivity index (χ2v) is 8.43. The highest BCUT2D eigenvalue weighted by molar-refractivity contribution is 6.23. The van der Waals surface area contributed by atoms with E-state index in [4.69, 9.17) is 9.47 Å². The number of rotatable bonds is 7. The van der Waals surface area contributed by atoms with Gasteiger partial charge in [-0.3, -0.25) is 14.4 Å². The predicted octanol–water partition coefficient (Wildman–Crippen LogP) is 3.59. The molecule has 0 N–H and O–H groups in total. The molecule has 1 saturated heterocycles. The molecule has 8 nitrogen and oxygen atoms in total. The SMILES string of the molecule is CCOC(=O)c1ccc(N2C(=O)CC(N(C(=O)c3ccc(OC)cc3)C3CCCC3)C2=O)cc1. The van der Waals surface area contributed by atoms with Crippen LogP contribution in [0.25, 0.3) is 0 Å². The quantitative estimate of drug-likeness (QED) is 0.459. The molecule has 2 fully saturated rings. The number of carbonyl (C=O) groups excluding carboxylic acids is 4. The number of hydrogen-bond acceptors (Lipinski definition) is 6. The number of esters is 1. The minimum absolute atomic E-state index is 0.0726. The molecule has 2 aromatic carbocycles. The molecular formula is C26H28N2O6. The zero-order valence-corrected chi connectivity index (χ0v) is 19.4. The van der Waals surface area contributed by atoms with E-state index in [1.165, 1.54) is 12.1 Å². The standard InChI is InChI=1S/C26H28N2O6/c1-3-34-26(32)18-8-12-20(13-9-18)28-23(29)16-22(25(28)31)27(19-6-4-5-7-19)24(30)17-10-14-21(33-2)15-11-17/h8-15,19,22H,3-7,16H2,1-2H3. The maximum absolute atomic E-state index is 13.5. The first kappa shape index (κ1) is 23.5. The largest absolute Gasteiger partial charge is 0.497 e. The number of amides is 3. The summed E-state index contributed by atoms with van der Waals surface area (Å²) in [5.41, 5.74) is 1.16. The summed E-state index contributed by atoms with van der Waals surface area (Å²) in [5.74, 6) is -0.899. The normalized spacial score (nSPS) is 18.3. The summed E-state index contributed by atoms with van der Waals surface area (Å²) in [6.07, 6.45) is 3.48. The van der Waals surface area contributed by atoms with Gasteiger partial charge in [0.1, 0.15) is 11.8 Å². The van der Waals surface area contributed by atoms with Crippen molar-refractivity contribution in [2.24, 2.45) is 0 Å². The van der Waals surface area contributed by atoms with Gasteiger partial charge < -0.3 is 14.4 Å². The van der Waals surface area contributed by atoms with Gasteiger partial charge in [-0.15, -0.1) is 0 Å². The van der Waals surface area contributed by atoms with Crippen molar-refractivity contribution < 1.29 is 28.7 Å². The van der Waals surface area contributed by atoms with Crippen LogP contribution in [0.2, 0.25) is 0 Å². The van der Waals surface area contributed by atoms with Crippen LogP contribution in [0.15, 0.2) is 48.5 Å². The maximum Gasteiger partial charge on any atom is 0.338 e. The zero-order chi connectivity index (χ0) is 24.2. The van der Waals surface area contributed by atoms with Gasteiger partial charge in [0.05, 0.1) is 31.4 Å². The second-order valence-electron chi connectivity index (χ2n) is 8.43. The van der Waals surface area contributed by atoms with Crippen molar-refractivity contribution in [2.75, 3.05) is 18.6 Å². The summed E-state index contributed by atoms with van der Waals surface area (Å²) in [6, 6.07) is 12.0. The minimum Gasteiger partial charge on any atom is -0.497 e. The van der Waals surface area contributed by atoms with Crippen molar-refractivity contribution in [3.63, 3.8) is 0 Å². The van der Waals surface area contributed by atoms with E-state index in [1.807, 2.05) is 0 Å². The molecule has 3 amide bonds. The molecule has 1 atom stereocenters. The summed E-state index contributed by atoms with van der Waals surface area (Å²) < 4.78 is 10.2. The molecule has 0 aromatic heterocycles. The van der Waals surface area contributed by atoms with Crippen LogP contribution < -0.4 is 9.64 Å². The third-order valence-corrected chi connectivity index (χ3v) is 6.38. The lowest BCUT2D eigenvalue weighted by atomic mass is 10.1. The van der Waals surface area contributed by atoms with Crippen molar-refractivity contribution in [3.05, 3.63) is 59.7 Å². The number of benzene rings is 2. The number of imide groups is 1. The molecule has 0 spiro atoms. The van der Waals surface area contributed by atoms with Crippen LogP contribution in [0.4, 0.5) is 5.69 Å². The van der Waals surface area contributed by atoms with Crippen LogP contribution in [-0.4, -0.2) is 54.4 Å². The first-order valence-electron chi connectivity index (χ1n) is 11.5. The van der Waals surface area contributed by atoms with Crippen molar-refractivity contribution in [2.45, 2.75) is 51.1 Å². The second kappa shape index (κ2) is 10.1. The van der Waals surface area contributed by atoms with Crippen molar-refractivity contribution >= 4 is 29.4 Å². The highest BCUT2D eigenvalue weighted by atomic mass is 16.5. The number of carbonyl (C=O) groups is 4. The third kappa shape index (κ3) is 4.53. The first-order chi connectivity index (χ1) is 16.4. The molecule has 1 unspecified atom stereocenters. The Kier molecular flexibility index (Phi) is 6.95. The molecule has 8 heteroatoms. The van der Waals surface area contributed by atoms with Gasteiger partial charge >= 0.3 is 5.97 Å². The summed E-state index contributed by atoms with van der Waals surface area (Å²) in [7, 11) is 1.55. The Morgan fingerprint density at radius 2 is 1.59 bits per heavy atom. The van der Waals surface area contributed by atoms with Gasteiger partial charge in [0.15, 0.2) is 0 Å². The molecule has 2 aromatic rings. The van der Waals surface area contributed by atoms with E-state index in [1.54, 1.807) is 55.3 Å². The summed E-state index contributed by atoms with van der Waals surface area (Å²) >= 11 is 0. The molecule has 1 heterocycles. The Morgan fingerprint density at radius 3 is 2.18 bits per heavy atom. The average molecular weight is 465 g/mol. The average Bonchev–Trinajstić information content (AvgIpc) is 3.48. The number of ether oxygens (including phenoxy) is 2. The summed E-state index contributed by atoms with van der Waals surface area (Å²) in [4.78, 5) is 54.6. The van der Waals surface area contributed by atoms with Crippen LogP contribution in [0.5, 0.6) is 5.75 Å². The fourth-order valence-corrected chi connectivity index (χ4v) is 4.69. The van der Waals surface area contributed by atoms with E-state index in [-0.39, 0.29) is 30.9 Å². The molecule has 0 radical (unpaired) electrons. The van der Waals surface area contributed by atoms with Crippen LogP contribution >= 0.6 is 0 Å². The lowest BCUT2D eigenvalue weighted by molar-refractivity contribution is -0.123. The third-order valence-electron chi connectivity index (χ3n) is 6.38. The Labute approximate surface area is 198 Å². The van der Waals surface area contributed by atoms with Gasteiger partial charge in [0, 0.05) is 11.6 Å². The predicted molar refractivity (Wildman–Crippen MR) is 125 cm³/mol. The molecule has 1 aliphatic heterocycles. The van der Waals surface area contributed by atoms with E-state index in [2.05, 4.69) is 0 Å². The van der Waals surface area contributed by atoms with Crippen molar-refractivity contribution in [1.29, 1.82) is 0 Å². The van der Waals surface area contributed by atoms with Gasteiger partial charge in [-0.25, -0.2) is 9.69 Å². The van der Waals surface area contributed by atoms with Crippen LogP contribution in [-0.2, 0) is 14.3 Å². The molecular weight excluding hydrogens is 436 g/mol. The first-order valence-corrected chi connectivity index (χ1v) is 11.5. The van der Waals surface area contributed by atoms with E-state index in [9.17, 15) is 19.2 Å². The molecule has 2 aliphatic rings. The minimum atomic E-state index is -0.866. The monoisotopic (exact) mass is 464 g/mol. The molecule has 4 rings (SSSR count). The highest BCUT2D eigenvalue weighted by Gasteiger charge is 2.47. The zero-order valence-electron chi connectivity index (χ0n) is 19.4. The molecule has 1 saturated carbocycles. The van der Waals surface area contributed by atoms with Crippen LogP contribution in [0.3, 0.4) is 0 Å². The van der Waals surface area contributed by atoms with Gasteiger partial charge in [0.2, 0.25) is 5.91 Å². The summed E-state index contributed by atoms with van der Waals surface area (Å²) in [5, 5.41) is 0. The maximum atomic E-state index is 13.5. The fourth-order valence-electron chi connectivity index (χ4n) is 4.69. The van der Waals surface area contributed by atoms with Crippen LogP contribution in [0, 0.1) is 0 Å². The van der Waals surface area contributed by atoms with E-state index >= 15 is 0 Å². The van der Waals surface area contributed by atoms with E-state index in [0.717, 1.165) is 30.6 Å². The number of anilines is 1. The Bertz CT molecular complexity index is 1070. The summed E-state index contributed by atoms with van der Waals surface area (Å²) in [6.45, 7) is 1.97. The lowest BCUT2D eigenvalue weighted by Crippen LogP contribution is -2.50. The fraction of sp³-hybridized carbons (Fsp3) is 0.385. The van der Waals surface area contributed by atoms with E-state index < -0.39 is 17.9 Å². The molecule has 0 bridgehead atoms. The van der Waals surface area contributed by atoms with Gasteiger partial charge in [-0.2, -0.15) is 0 Å². The van der Waals surface area contributed by atoms with Crippen molar-refractivity contribution in [1.82, 2.24) is 4.90 Å². The smallest absolute Gasteiger partial charge is 0.338 e. The van der Waals surface area contributed by atoms with Gasteiger partial charge in [-0.1, -0.05) is 12.8 Å². The number of nitrogens with zero attached hydrogens (tertiary/aromatic N) is 2. The Hall–Kier alpha value is -3.68. The Balaban J connectivity index is 1.60. The Morgan fingerprint density at radius 1 is 0.971 bits per heavy atom. The molecule has 34 heavy (non-hydrogen) atoms. The topological polar surface area (TPSA) is 93.2 Å². The number of hydrogen-bond donors (Lipinski definition) is 0. The van der Waals surface area contributed by atoms with Crippen LogP contribution in [0.1, 0.15) is 59.7 Å². The lowest BCUT2D eigenvalue weighted by Gasteiger charge is -2.33. The molecule has 1 aliphatic carbocycles. The van der Waals surface area contributed by atoms with Gasteiger partial charge in [-0.05, 0) is 68.3 Å². The molecule has 178 valence electrons. The van der Waals surface area contributed by atoms with E-state index in [0.29, 0.717) is 22.6 Å². The number of methoxy groups -OCH3 is 1. The van der Waals surface area contributed by atoms with Crippen molar-refractivity contribution in [3.8, 4) is 5.75 Å².